The van der Waals surface area contributed by atoms with Gasteiger partial charge in [0, 0.05) is 18.0 Å². The molecule has 2 aromatic rings. The smallest absolute Gasteiger partial charge is 0.251 e. The SMILES string of the molecule is CCOc1ccc([C@@H](CC(=O)[O-])NC(=O)c2ccc(C(C)(C)C)cc2)cc1OC. The first kappa shape index (κ1) is 22.3. The lowest BCUT2D eigenvalue weighted by atomic mass is 9.86. The predicted octanol–water partition coefficient (Wildman–Crippen LogP) is 3.00. The van der Waals surface area contributed by atoms with Crippen LogP contribution in [0.5, 0.6) is 11.5 Å². The number of carbonyl (C=O) groups excluding carboxylic acids is 2. The molecule has 0 aliphatic heterocycles. The number of carboxylic acid groups (broad SMARTS) is 1. The first-order chi connectivity index (χ1) is 13.7. The number of benzene rings is 2. The van der Waals surface area contributed by atoms with Crippen molar-refractivity contribution in [3.8, 4) is 11.5 Å². The summed E-state index contributed by atoms with van der Waals surface area (Å²) in [6.45, 7) is 8.61. The summed E-state index contributed by atoms with van der Waals surface area (Å²) in [5, 5.41) is 14.0. The van der Waals surface area contributed by atoms with Crippen LogP contribution in [0.2, 0.25) is 0 Å². The Morgan fingerprint density at radius 1 is 1.07 bits per heavy atom. The van der Waals surface area contributed by atoms with Gasteiger partial charge in [-0.2, -0.15) is 0 Å². The molecular formula is C23H28NO5-. The van der Waals surface area contributed by atoms with E-state index in [0.29, 0.717) is 29.2 Å². The lowest BCUT2D eigenvalue weighted by Gasteiger charge is -2.22. The Morgan fingerprint density at radius 3 is 2.24 bits per heavy atom. The lowest BCUT2D eigenvalue weighted by molar-refractivity contribution is -0.306. The van der Waals surface area contributed by atoms with E-state index in [4.69, 9.17) is 9.47 Å². The van der Waals surface area contributed by atoms with Crippen LogP contribution in [0.3, 0.4) is 0 Å². The molecule has 0 fully saturated rings. The fraction of sp³-hybridized carbons (Fsp3) is 0.391. The predicted molar refractivity (Wildman–Crippen MR) is 109 cm³/mol. The molecule has 1 amide bonds. The van der Waals surface area contributed by atoms with Gasteiger partial charge in [0.1, 0.15) is 0 Å². The van der Waals surface area contributed by atoms with Crippen molar-refractivity contribution >= 4 is 11.9 Å². The van der Waals surface area contributed by atoms with Gasteiger partial charge in [0.15, 0.2) is 11.5 Å². The molecule has 156 valence electrons. The van der Waals surface area contributed by atoms with E-state index < -0.39 is 12.0 Å². The zero-order valence-corrected chi connectivity index (χ0v) is 17.6. The number of hydrogen-bond donors (Lipinski definition) is 1. The van der Waals surface area contributed by atoms with E-state index in [-0.39, 0.29) is 17.7 Å². The zero-order chi connectivity index (χ0) is 21.6. The number of methoxy groups -OCH3 is 1. The molecule has 0 bridgehead atoms. The largest absolute Gasteiger partial charge is 0.550 e. The Morgan fingerprint density at radius 2 is 1.72 bits per heavy atom. The van der Waals surface area contributed by atoms with Crippen LogP contribution >= 0.6 is 0 Å². The van der Waals surface area contributed by atoms with E-state index in [2.05, 4.69) is 26.1 Å². The Balaban J connectivity index is 2.26. The Bertz CT molecular complexity index is 853. The van der Waals surface area contributed by atoms with Crippen LogP contribution in [-0.2, 0) is 10.2 Å². The summed E-state index contributed by atoms with van der Waals surface area (Å²) >= 11 is 0. The number of carbonyl (C=O) groups is 2. The summed E-state index contributed by atoms with van der Waals surface area (Å²) in [5.74, 6) is -0.595. The van der Waals surface area contributed by atoms with Crippen LogP contribution in [0.4, 0.5) is 0 Å². The second-order valence-electron chi connectivity index (χ2n) is 7.77. The van der Waals surface area contributed by atoms with Crippen LogP contribution in [-0.4, -0.2) is 25.6 Å². The summed E-state index contributed by atoms with van der Waals surface area (Å²) in [4.78, 5) is 24.0. The number of ether oxygens (including phenoxy) is 2. The highest BCUT2D eigenvalue weighted by Gasteiger charge is 2.19. The van der Waals surface area contributed by atoms with Crippen molar-refractivity contribution in [2.75, 3.05) is 13.7 Å². The van der Waals surface area contributed by atoms with Crippen molar-refractivity contribution in [1.29, 1.82) is 0 Å². The second-order valence-corrected chi connectivity index (χ2v) is 7.77. The molecule has 0 aliphatic rings. The molecular weight excluding hydrogens is 370 g/mol. The maximum Gasteiger partial charge on any atom is 0.251 e. The van der Waals surface area contributed by atoms with Crippen LogP contribution in [0.1, 0.15) is 61.6 Å². The molecule has 0 radical (unpaired) electrons. The highest BCUT2D eigenvalue weighted by atomic mass is 16.5. The molecule has 1 N–H and O–H groups in total. The molecule has 0 saturated heterocycles. The maximum atomic E-state index is 12.7. The summed E-state index contributed by atoms with van der Waals surface area (Å²) < 4.78 is 10.8. The van der Waals surface area contributed by atoms with Crippen LogP contribution in [0, 0.1) is 0 Å². The molecule has 0 spiro atoms. The molecule has 0 aromatic heterocycles. The van der Waals surface area contributed by atoms with Gasteiger partial charge < -0.3 is 24.7 Å². The average Bonchev–Trinajstić information content (AvgIpc) is 2.67. The molecule has 1 atom stereocenters. The van der Waals surface area contributed by atoms with Gasteiger partial charge in [0.05, 0.1) is 19.8 Å². The number of nitrogens with one attached hydrogen (secondary N) is 1. The van der Waals surface area contributed by atoms with E-state index in [0.717, 1.165) is 5.56 Å². The number of carboxylic acids is 1. The van der Waals surface area contributed by atoms with Crippen molar-refractivity contribution in [3.05, 3.63) is 59.2 Å². The Kier molecular flexibility index (Phi) is 7.26. The third-order valence-corrected chi connectivity index (χ3v) is 4.58. The summed E-state index contributed by atoms with van der Waals surface area (Å²) in [5.41, 5.74) is 2.13. The van der Waals surface area contributed by atoms with E-state index >= 15 is 0 Å². The van der Waals surface area contributed by atoms with Crippen LogP contribution < -0.4 is 19.9 Å². The Hall–Kier alpha value is -3.02. The van der Waals surface area contributed by atoms with Gasteiger partial charge in [-0.05, 0) is 47.7 Å². The quantitative estimate of drug-likeness (QED) is 0.739. The number of rotatable bonds is 8. The zero-order valence-electron chi connectivity index (χ0n) is 17.6. The molecule has 0 saturated carbocycles. The van der Waals surface area contributed by atoms with Gasteiger partial charge in [0.25, 0.3) is 5.91 Å². The minimum atomic E-state index is -1.26. The molecule has 2 rings (SSSR count). The van der Waals surface area contributed by atoms with Gasteiger partial charge in [-0.25, -0.2) is 0 Å². The first-order valence-electron chi connectivity index (χ1n) is 9.57. The van der Waals surface area contributed by atoms with Crippen molar-refractivity contribution in [3.63, 3.8) is 0 Å². The van der Waals surface area contributed by atoms with Gasteiger partial charge in [-0.15, -0.1) is 0 Å². The van der Waals surface area contributed by atoms with Gasteiger partial charge >= 0.3 is 0 Å². The highest BCUT2D eigenvalue weighted by molar-refractivity contribution is 5.94. The fourth-order valence-corrected chi connectivity index (χ4v) is 2.96. The van der Waals surface area contributed by atoms with Crippen molar-refractivity contribution in [2.45, 2.75) is 45.6 Å². The molecule has 0 aliphatic carbocycles. The van der Waals surface area contributed by atoms with Gasteiger partial charge in [-0.3, -0.25) is 4.79 Å². The van der Waals surface area contributed by atoms with E-state index in [9.17, 15) is 14.7 Å². The summed E-state index contributed by atoms with van der Waals surface area (Å²) in [7, 11) is 1.50. The van der Waals surface area contributed by atoms with Gasteiger partial charge in [0.2, 0.25) is 0 Å². The second kappa shape index (κ2) is 9.45. The maximum absolute atomic E-state index is 12.7. The van der Waals surface area contributed by atoms with Crippen molar-refractivity contribution < 1.29 is 24.2 Å². The normalized spacial score (nSPS) is 12.2. The van der Waals surface area contributed by atoms with E-state index in [1.54, 1.807) is 30.3 Å². The standard InChI is InChI=1S/C23H29NO5/c1-6-29-19-12-9-16(13-20(19)28-5)18(14-21(25)26)24-22(27)15-7-10-17(11-8-15)23(2,3)4/h7-13,18H,6,14H2,1-5H3,(H,24,27)(H,25,26)/p-1/t18-/m1/s1. The monoisotopic (exact) mass is 398 g/mol. The third kappa shape index (κ3) is 5.98. The molecule has 6 heteroatoms. The molecule has 6 nitrogen and oxygen atoms in total. The Labute approximate surface area is 171 Å². The van der Waals surface area contributed by atoms with E-state index in [1.165, 1.54) is 7.11 Å². The molecule has 29 heavy (non-hydrogen) atoms. The van der Waals surface area contributed by atoms with Gasteiger partial charge in [-0.1, -0.05) is 39.0 Å². The fourth-order valence-electron chi connectivity index (χ4n) is 2.96. The molecule has 2 aromatic carbocycles. The van der Waals surface area contributed by atoms with Crippen LogP contribution in [0.25, 0.3) is 0 Å². The van der Waals surface area contributed by atoms with Crippen LogP contribution in [0.15, 0.2) is 42.5 Å². The highest BCUT2D eigenvalue weighted by Crippen LogP contribution is 2.31. The minimum Gasteiger partial charge on any atom is -0.550 e. The molecule has 0 heterocycles. The van der Waals surface area contributed by atoms with Crippen molar-refractivity contribution in [1.82, 2.24) is 5.32 Å². The topological polar surface area (TPSA) is 87.7 Å². The average molecular weight is 398 g/mol. The number of amides is 1. The van der Waals surface area contributed by atoms with E-state index in [1.807, 2.05) is 19.1 Å². The first-order valence-corrected chi connectivity index (χ1v) is 9.57. The summed E-state index contributed by atoms with van der Waals surface area (Å²) in [6, 6.07) is 11.6. The lowest BCUT2D eigenvalue weighted by Crippen LogP contribution is -2.34. The molecule has 0 unspecified atom stereocenters. The minimum absolute atomic E-state index is 0.0224. The summed E-state index contributed by atoms with van der Waals surface area (Å²) in [6.07, 6.45) is -0.358. The number of aliphatic carboxylic acids is 1. The third-order valence-electron chi connectivity index (χ3n) is 4.58. The van der Waals surface area contributed by atoms with Crippen molar-refractivity contribution in [2.24, 2.45) is 0 Å². The number of hydrogen-bond acceptors (Lipinski definition) is 5.